The molecule has 1 saturated heterocycles. The third-order valence-electron chi connectivity index (χ3n) is 2.77. The molecule has 0 radical (unpaired) electrons. The second-order valence-electron chi connectivity index (χ2n) is 3.94. The number of thioether (sulfide) groups is 1. The fourth-order valence-electron chi connectivity index (χ4n) is 1.93. The highest BCUT2D eigenvalue weighted by molar-refractivity contribution is 7.99. The number of rotatable bonds is 3. The van der Waals surface area contributed by atoms with Gasteiger partial charge >= 0.3 is 5.97 Å². The van der Waals surface area contributed by atoms with Crippen LogP contribution in [0.2, 0.25) is 0 Å². The molecule has 0 aliphatic carbocycles. The highest BCUT2D eigenvalue weighted by atomic mass is 32.2. The standard InChI is InChI=1S/C13H14FNO2S/c14-11-2-1-3-12(10(11)4-5-13(16)17)15-6-8-18-9-7-15/h1-5H,6-9H2,(H,16,17)/b5-4+. The van der Waals surface area contributed by atoms with Crippen molar-refractivity contribution in [1.82, 2.24) is 0 Å². The number of nitrogens with zero attached hydrogens (tertiary/aromatic N) is 1. The van der Waals surface area contributed by atoms with Crippen molar-refractivity contribution in [2.24, 2.45) is 0 Å². The van der Waals surface area contributed by atoms with Crippen LogP contribution in [-0.2, 0) is 4.79 Å². The van der Waals surface area contributed by atoms with Crippen LogP contribution < -0.4 is 4.90 Å². The summed E-state index contributed by atoms with van der Waals surface area (Å²) in [6.07, 6.45) is 2.30. The van der Waals surface area contributed by atoms with Gasteiger partial charge in [0.05, 0.1) is 0 Å². The zero-order valence-electron chi connectivity index (χ0n) is 9.80. The summed E-state index contributed by atoms with van der Waals surface area (Å²) in [7, 11) is 0. The van der Waals surface area contributed by atoms with Gasteiger partial charge in [-0.25, -0.2) is 9.18 Å². The molecule has 3 nitrogen and oxygen atoms in total. The van der Waals surface area contributed by atoms with Crippen molar-refractivity contribution in [2.75, 3.05) is 29.5 Å². The Morgan fingerprint density at radius 2 is 2.11 bits per heavy atom. The van der Waals surface area contributed by atoms with Crippen LogP contribution >= 0.6 is 11.8 Å². The van der Waals surface area contributed by atoms with Gasteiger partial charge in [0.2, 0.25) is 0 Å². The second kappa shape index (κ2) is 5.91. The summed E-state index contributed by atoms with van der Waals surface area (Å²) in [6, 6.07) is 4.84. The number of carboxylic acid groups (broad SMARTS) is 1. The minimum atomic E-state index is -1.07. The molecule has 0 spiro atoms. The van der Waals surface area contributed by atoms with Gasteiger partial charge in [-0.1, -0.05) is 6.07 Å². The molecule has 0 saturated carbocycles. The second-order valence-corrected chi connectivity index (χ2v) is 5.17. The van der Waals surface area contributed by atoms with Gasteiger partial charge in [0.1, 0.15) is 5.82 Å². The monoisotopic (exact) mass is 267 g/mol. The summed E-state index contributed by atoms with van der Waals surface area (Å²) in [5, 5.41) is 8.64. The molecular weight excluding hydrogens is 253 g/mol. The third-order valence-corrected chi connectivity index (χ3v) is 3.72. The summed E-state index contributed by atoms with van der Waals surface area (Å²) in [5.41, 5.74) is 1.12. The van der Waals surface area contributed by atoms with Crippen LogP contribution in [0.25, 0.3) is 6.08 Å². The molecule has 96 valence electrons. The number of aliphatic carboxylic acids is 1. The van der Waals surface area contributed by atoms with Gasteiger partial charge in [0.15, 0.2) is 0 Å². The lowest BCUT2D eigenvalue weighted by molar-refractivity contribution is -0.131. The molecule has 5 heteroatoms. The van der Waals surface area contributed by atoms with Crippen LogP contribution in [0.4, 0.5) is 10.1 Å². The fraction of sp³-hybridized carbons (Fsp3) is 0.308. The first-order valence-electron chi connectivity index (χ1n) is 5.70. The summed E-state index contributed by atoms with van der Waals surface area (Å²) in [6.45, 7) is 1.73. The molecule has 0 aromatic heterocycles. The quantitative estimate of drug-likeness (QED) is 0.854. The highest BCUT2D eigenvalue weighted by Crippen LogP contribution is 2.27. The van der Waals surface area contributed by atoms with Crippen LogP contribution in [-0.4, -0.2) is 35.7 Å². The Bertz CT molecular complexity index is 470. The SMILES string of the molecule is O=C(O)/C=C/c1c(F)cccc1N1CCSCC1. The number of halogens is 1. The van der Waals surface area contributed by atoms with E-state index in [0.29, 0.717) is 5.56 Å². The molecule has 1 aromatic rings. The van der Waals surface area contributed by atoms with Gasteiger partial charge in [0, 0.05) is 41.9 Å². The van der Waals surface area contributed by atoms with Gasteiger partial charge in [-0.15, -0.1) is 0 Å². The smallest absolute Gasteiger partial charge is 0.328 e. The molecule has 0 unspecified atom stereocenters. The van der Waals surface area contributed by atoms with Crippen LogP contribution in [0.5, 0.6) is 0 Å². The van der Waals surface area contributed by atoms with E-state index in [4.69, 9.17) is 5.11 Å². The number of hydrogen-bond acceptors (Lipinski definition) is 3. The Balaban J connectivity index is 2.33. The van der Waals surface area contributed by atoms with Gasteiger partial charge in [0.25, 0.3) is 0 Å². The maximum Gasteiger partial charge on any atom is 0.328 e. The lowest BCUT2D eigenvalue weighted by atomic mass is 10.1. The molecule has 2 rings (SSSR count). The third kappa shape index (κ3) is 3.04. The lowest BCUT2D eigenvalue weighted by Crippen LogP contribution is -2.33. The fourth-order valence-corrected chi connectivity index (χ4v) is 2.83. The minimum Gasteiger partial charge on any atom is -0.478 e. The van der Waals surface area contributed by atoms with E-state index in [1.807, 2.05) is 17.8 Å². The maximum absolute atomic E-state index is 13.8. The van der Waals surface area contributed by atoms with E-state index in [-0.39, 0.29) is 5.82 Å². The van der Waals surface area contributed by atoms with Crippen molar-refractivity contribution in [3.05, 3.63) is 35.7 Å². The van der Waals surface area contributed by atoms with Crippen molar-refractivity contribution in [2.45, 2.75) is 0 Å². The highest BCUT2D eigenvalue weighted by Gasteiger charge is 2.15. The summed E-state index contributed by atoms with van der Waals surface area (Å²) in [5.74, 6) is 0.568. The summed E-state index contributed by atoms with van der Waals surface area (Å²) in [4.78, 5) is 12.6. The normalized spacial score (nSPS) is 16.2. The average molecular weight is 267 g/mol. The van der Waals surface area contributed by atoms with Gasteiger partial charge in [-0.05, 0) is 18.2 Å². The van der Waals surface area contributed by atoms with Crippen molar-refractivity contribution >= 4 is 29.5 Å². The largest absolute Gasteiger partial charge is 0.478 e. The van der Waals surface area contributed by atoms with E-state index in [9.17, 15) is 9.18 Å². The van der Waals surface area contributed by atoms with Gasteiger partial charge in [-0.3, -0.25) is 0 Å². The van der Waals surface area contributed by atoms with E-state index in [0.717, 1.165) is 36.4 Å². The molecule has 0 atom stereocenters. The Kier molecular flexibility index (Phi) is 4.25. The predicted octanol–water partition coefficient (Wildman–Crippen LogP) is 2.48. The number of benzene rings is 1. The maximum atomic E-state index is 13.8. The van der Waals surface area contributed by atoms with Gasteiger partial charge < -0.3 is 10.0 Å². The first-order valence-corrected chi connectivity index (χ1v) is 6.86. The number of carboxylic acids is 1. The van der Waals surface area contributed by atoms with Crippen molar-refractivity contribution in [3.8, 4) is 0 Å². The Morgan fingerprint density at radius 1 is 1.39 bits per heavy atom. The number of anilines is 1. The van der Waals surface area contributed by atoms with Gasteiger partial charge in [-0.2, -0.15) is 11.8 Å². The van der Waals surface area contributed by atoms with E-state index in [1.54, 1.807) is 6.07 Å². The Hall–Kier alpha value is -1.49. The summed E-state index contributed by atoms with van der Waals surface area (Å²) >= 11 is 1.87. The topological polar surface area (TPSA) is 40.5 Å². The van der Waals surface area contributed by atoms with E-state index in [2.05, 4.69) is 4.90 Å². The zero-order valence-corrected chi connectivity index (χ0v) is 10.6. The molecular formula is C13H14FNO2S. The zero-order chi connectivity index (χ0) is 13.0. The van der Waals surface area contributed by atoms with Crippen molar-refractivity contribution in [3.63, 3.8) is 0 Å². The van der Waals surface area contributed by atoms with Crippen LogP contribution in [0.15, 0.2) is 24.3 Å². The van der Waals surface area contributed by atoms with E-state index in [1.165, 1.54) is 12.1 Å². The van der Waals surface area contributed by atoms with Crippen LogP contribution in [0, 0.1) is 5.82 Å². The lowest BCUT2D eigenvalue weighted by Gasteiger charge is -2.29. The molecule has 1 N–H and O–H groups in total. The molecule has 1 fully saturated rings. The Morgan fingerprint density at radius 3 is 2.78 bits per heavy atom. The minimum absolute atomic E-state index is 0.354. The van der Waals surface area contributed by atoms with Crippen LogP contribution in [0.1, 0.15) is 5.56 Å². The molecule has 0 amide bonds. The number of hydrogen-bond donors (Lipinski definition) is 1. The van der Waals surface area contributed by atoms with Crippen LogP contribution in [0.3, 0.4) is 0 Å². The molecule has 1 aliphatic rings. The molecule has 1 heterocycles. The molecule has 0 bridgehead atoms. The Labute approximate surface area is 109 Å². The first kappa shape index (κ1) is 13.0. The van der Waals surface area contributed by atoms with E-state index < -0.39 is 5.97 Å². The molecule has 1 aliphatic heterocycles. The predicted molar refractivity (Wildman–Crippen MR) is 72.6 cm³/mol. The average Bonchev–Trinajstić information content (AvgIpc) is 2.38. The molecule has 1 aromatic carbocycles. The van der Waals surface area contributed by atoms with E-state index >= 15 is 0 Å². The van der Waals surface area contributed by atoms with Crippen molar-refractivity contribution < 1.29 is 14.3 Å². The first-order chi connectivity index (χ1) is 8.68. The molecule has 18 heavy (non-hydrogen) atoms. The summed E-state index contributed by atoms with van der Waals surface area (Å²) < 4.78 is 13.8. The van der Waals surface area contributed by atoms with Crippen molar-refractivity contribution in [1.29, 1.82) is 0 Å². The number of carbonyl (C=O) groups is 1.